The average molecular weight is 485 g/mol. The van der Waals surface area contributed by atoms with Crippen LogP contribution in [0.15, 0.2) is 47.4 Å². The van der Waals surface area contributed by atoms with Gasteiger partial charge in [0.1, 0.15) is 6.54 Å². The Labute approximate surface area is 201 Å². The monoisotopic (exact) mass is 484 g/mol. The quantitative estimate of drug-likeness (QED) is 0.424. The lowest BCUT2D eigenvalue weighted by Gasteiger charge is -2.13. The van der Waals surface area contributed by atoms with Gasteiger partial charge in [0.2, 0.25) is 5.91 Å². The first-order chi connectivity index (χ1) is 16.3. The van der Waals surface area contributed by atoms with Gasteiger partial charge in [-0.15, -0.1) is 0 Å². The SMILES string of the molecule is CCOc1cc(/C=C2/SC(=O)N(CC(=O)Nc3ccc(C)cc3)C2=O)ccc1OCC(=O)OC. The molecule has 1 N–H and O–H groups in total. The van der Waals surface area contributed by atoms with Crippen LogP contribution in [0.5, 0.6) is 11.5 Å². The molecule has 0 spiro atoms. The summed E-state index contributed by atoms with van der Waals surface area (Å²) in [6, 6.07) is 12.1. The number of carbonyl (C=O) groups excluding carboxylic acids is 4. The molecule has 1 heterocycles. The minimum Gasteiger partial charge on any atom is -0.490 e. The van der Waals surface area contributed by atoms with E-state index in [-0.39, 0.29) is 18.1 Å². The van der Waals surface area contributed by atoms with Crippen molar-refractivity contribution in [2.45, 2.75) is 13.8 Å². The lowest BCUT2D eigenvalue weighted by molar-refractivity contribution is -0.143. The molecule has 2 aromatic carbocycles. The zero-order valence-corrected chi connectivity index (χ0v) is 19.8. The fraction of sp³-hybridized carbons (Fsp3) is 0.250. The normalized spacial score (nSPS) is 14.3. The van der Waals surface area contributed by atoms with Crippen molar-refractivity contribution in [2.24, 2.45) is 0 Å². The number of ether oxygens (including phenoxy) is 3. The van der Waals surface area contributed by atoms with Gasteiger partial charge in [0.25, 0.3) is 11.1 Å². The van der Waals surface area contributed by atoms with Gasteiger partial charge in [-0.2, -0.15) is 0 Å². The van der Waals surface area contributed by atoms with Crippen LogP contribution in [-0.2, 0) is 19.1 Å². The zero-order valence-electron chi connectivity index (χ0n) is 19.0. The Kier molecular flexibility index (Phi) is 8.31. The molecular formula is C24H24N2O7S. The summed E-state index contributed by atoms with van der Waals surface area (Å²) >= 11 is 0.753. The van der Waals surface area contributed by atoms with E-state index in [2.05, 4.69) is 10.1 Å². The van der Waals surface area contributed by atoms with Crippen molar-refractivity contribution in [1.29, 1.82) is 0 Å². The number of nitrogens with one attached hydrogen (secondary N) is 1. The zero-order chi connectivity index (χ0) is 24.7. The highest BCUT2D eigenvalue weighted by Gasteiger charge is 2.36. The largest absolute Gasteiger partial charge is 0.490 e. The molecule has 0 atom stereocenters. The predicted molar refractivity (Wildman–Crippen MR) is 128 cm³/mol. The van der Waals surface area contributed by atoms with Gasteiger partial charge in [0.05, 0.1) is 18.6 Å². The smallest absolute Gasteiger partial charge is 0.343 e. The molecule has 1 saturated heterocycles. The summed E-state index contributed by atoms with van der Waals surface area (Å²) in [5.74, 6) is -0.857. The van der Waals surface area contributed by atoms with E-state index in [1.54, 1.807) is 37.3 Å². The van der Waals surface area contributed by atoms with Crippen LogP contribution in [0.25, 0.3) is 6.08 Å². The number of thioether (sulfide) groups is 1. The molecule has 3 rings (SSSR count). The lowest BCUT2D eigenvalue weighted by Crippen LogP contribution is -2.36. The summed E-state index contributed by atoms with van der Waals surface area (Å²) in [4.78, 5) is 49.9. The summed E-state index contributed by atoms with van der Waals surface area (Å²) in [6.45, 7) is 3.41. The molecule has 0 aliphatic carbocycles. The standard InChI is InChI=1S/C24H24N2O7S/c1-4-32-19-11-16(7-10-18(19)33-14-22(28)31-3)12-20-23(29)26(24(30)34-20)13-21(27)25-17-8-5-15(2)6-9-17/h5-12H,4,13-14H2,1-3H3,(H,25,27)/b20-12+. The maximum atomic E-state index is 12.8. The van der Waals surface area contributed by atoms with Crippen molar-refractivity contribution < 1.29 is 33.4 Å². The van der Waals surface area contributed by atoms with Crippen molar-refractivity contribution >= 4 is 46.5 Å². The number of nitrogens with zero attached hydrogens (tertiary/aromatic N) is 1. The van der Waals surface area contributed by atoms with E-state index >= 15 is 0 Å². The molecule has 10 heteroatoms. The molecule has 1 aliphatic rings. The molecule has 0 saturated carbocycles. The third kappa shape index (κ3) is 6.38. The third-order valence-electron chi connectivity index (χ3n) is 4.65. The van der Waals surface area contributed by atoms with E-state index in [4.69, 9.17) is 9.47 Å². The number of amides is 3. The number of carbonyl (C=O) groups is 4. The molecule has 1 fully saturated rings. The van der Waals surface area contributed by atoms with Gasteiger partial charge < -0.3 is 19.5 Å². The fourth-order valence-corrected chi connectivity index (χ4v) is 3.80. The third-order valence-corrected chi connectivity index (χ3v) is 5.56. The Morgan fingerprint density at radius 3 is 2.47 bits per heavy atom. The van der Waals surface area contributed by atoms with Gasteiger partial charge in [-0.1, -0.05) is 23.8 Å². The number of aryl methyl sites for hydroxylation is 1. The van der Waals surface area contributed by atoms with Crippen LogP contribution < -0.4 is 14.8 Å². The van der Waals surface area contributed by atoms with Gasteiger partial charge in [-0.25, -0.2) is 4.79 Å². The van der Waals surface area contributed by atoms with E-state index in [0.717, 1.165) is 22.2 Å². The Morgan fingerprint density at radius 1 is 1.06 bits per heavy atom. The average Bonchev–Trinajstić information content (AvgIpc) is 3.07. The van der Waals surface area contributed by atoms with Crippen LogP contribution in [0.4, 0.5) is 10.5 Å². The first-order valence-corrected chi connectivity index (χ1v) is 11.2. The van der Waals surface area contributed by atoms with Crippen molar-refractivity contribution in [3.8, 4) is 11.5 Å². The van der Waals surface area contributed by atoms with Crippen molar-refractivity contribution in [3.05, 3.63) is 58.5 Å². The van der Waals surface area contributed by atoms with Crippen LogP contribution in [0.3, 0.4) is 0 Å². The lowest BCUT2D eigenvalue weighted by atomic mass is 10.2. The molecule has 2 aromatic rings. The van der Waals surface area contributed by atoms with Crippen LogP contribution in [-0.4, -0.2) is 54.8 Å². The number of rotatable bonds is 9. The van der Waals surface area contributed by atoms with Gasteiger partial charge >= 0.3 is 5.97 Å². The number of anilines is 1. The maximum Gasteiger partial charge on any atom is 0.343 e. The molecule has 0 unspecified atom stereocenters. The van der Waals surface area contributed by atoms with Crippen molar-refractivity contribution in [1.82, 2.24) is 4.90 Å². The second-order valence-corrected chi connectivity index (χ2v) is 8.18. The van der Waals surface area contributed by atoms with E-state index < -0.39 is 23.0 Å². The summed E-state index contributed by atoms with van der Waals surface area (Å²) < 4.78 is 15.5. The second kappa shape index (κ2) is 11.4. The molecular weight excluding hydrogens is 460 g/mol. The Hall–Kier alpha value is -3.79. The van der Waals surface area contributed by atoms with Gasteiger partial charge in [0.15, 0.2) is 18.1 Å². The first kappa shape index (κ1) is 24.8. The second-order valence-electron chi connectivity index (χ2n) is 7.19. The van der Waals surface area contributed by atoms with Crippen molar-refractivity contribution in [3.63, 3.8) is 0 Å². The number of hydrogen-bond acceptors (Lipinski definition) is 8. The van der Waals surface area contributed by atoms with E-state index in [1.165, 1.54) is 13.2 Å². The minimum atomic E-state index is -0.557. The summed E-state index contributed by atoms with van der Waals surface area (Å²) in [5, 5.41) is 2.15. The minimum absolute atomic E-state index is 0.179. The molecule has 0 radical (unpaired) electrons. The van der Waals surface area contributed by atoms with Gasteiger partial charge in [0, 0.05) is 5.69 Å². The number of methoxy groups -OCH3 is 1. The van der Waals surface area contributed by atoms with Gasteiger partial charge in [-0.05, 0) is 61.5 Å². The Balaban J connectivity index is 1.70. The molecule has 34 heavy (non-hydrogen) atoms. The number of hydrogen-bond donors (Lipinski definition) is 1. The number of benzene rings is 2. The van der Waals surface area contributed by atoms with Crippen molar-refractivity contribution in [2.75, 3.05) is 32.2 Å². The maximum absolute atomic E-state index is 12.8. The topological polar surface area (TPSA) is 111 Å². The highest BCUT2D eigenvalue weighted by Crippen LogP contribution is 2.34. The summed E-state index contributed by atoms with van der Waals surface area (Å²) in [5.41, 5.74) is 2.21. The van der Waals surface area contributed by atoms with Crippen LogP contribution >= 0.6 is 11.8 Å². The van der Waals surface area contributed by atoms with Crippen LogP contribution in [0, 0.1) is 6.92 Å². The number of imide groups is 1. The van der Waals surface area contributed by atoms with Crippen LogP contribution in [0.2, 0.25) is 0 Å². The summed E-state index contributed by atoms with van der Waals surface area (Å²) in [7, 11) is 1.26. The first-order valence-electron chi connectivity index (χ1n) is 10.4. The summed E-state index contributed by atoms with van der Waals surface area (Å²) in [6.07, 6.45) is 1.54. The molecule has 178 valence electrons. The van der Waals surface area contributed by atoms with Gasteiger partial charge in [-0.3, -0.25) is 19.3 Å². The predicted octanol–water partition coefficient (Wildman–Crippen LogP) is 3.62. The molecule has 1 aliphatic heterocycles. The Bertz CT molecular complexity index is 1130. The highest BCUT2D eigenvalue weighted by molar-refractivity contribution is 8.18. The van der Waals surface area contributed by atoms with Crippen LogP contribution in [0.1, 0.15) is 18.1 Å². The van der Waals surface area contributed by atoms with E-state index in [1.807, 2.05) is 19.1 Å². The Morgan fingerprint density at radius 2 is 1.79 bits per heavy atom. The highest BCUT2D eigenvalue weighted by atomic mass is 32.2. The molecule has 9 nitrogen and oxygen atoms in total. The van der Waals surface area contributed by atoms with E-state index in [9.17, 15) is 19.2 Å². The molecule has 0 bridgehead atoms. The number of esters is 1. The van der Waals surface area contributed by atoms with E-state index in [0.29, 0.717) is 29.4 Å². The molecule has 0 aromatic heterocycles. The fourth-order valence-electron chi connectivity index (χ4n) is 2.97. The molecule has 3 amide bonds.